The Kier molecular flexibility index (Phi) is 3.31. The number of ketones is 1. The van der Waals surface area contributed by atoms with Gasteiger partial charge in [0.15, 0.2) is 11.3 Å². The van der Waals surface area contributed by atoms with Crippen LogP contribution >= 0.6 is 11.6 Å². The van der Waals surface area contributed by atoms with Crippen LogP contribution in [0.2, 0.25) is 5.02 Å². The first-order valence-corrected chi connectivity index (χ1v) is 6.64. The number of furan rings is 1. The summed E-state index contributed by atoms with van der Waals surface area (Å²) in [6.45, 7) is 0.440. The highest BCUT2D eigenvalue weighted by molar-refractivity contribution is 6.34. The first-order valence-electron chi connectivity index (χ1n) is 6.27. The SMILES string of the molecule is NCC1CCC(C(=O)c2cc3cccc(Cl)c3o2)O1. The van der Waals surface area contributed by atoms with E-state index in [0.29, 0.717) is 29.3 Å². The lowest BCUT2D eigenvalue weighted by molar-refractivity contribution is 0.0385. The van der Waals surface area contributed by atoms with E-state index in [0.717, 1.165) is 11.8 Å². The third kappa shape index (κ3) is 2.27. The lowest BCUT2D eigenvalue weighted by Gasteiger charge is -2.09. The number of carbonyl (C=O) groups is 1. The summed E-state index contributed by atoms with van der Waals surface area (Å²) in [5.74, 6) is 0.161. The van der Waals surface area contributed by atoms with Crippen LogP contribution in [0.4, 0.5) is 0 Å². The van der Waals surface area contributed by atoms with Crippen molar-refractivity contribution in [3.63, 3.8) is 0 Å². The van der Waals surface area contributed by atoms with Crippen molar-refractivity contribution in [1.29, 1.82) is 0 Å². The summed E-state index contributed by atoms with van der Waals surface area (Å²) in [6, 6.07) is 7.13. The lowest BCUT2D eigenvalue weighted by Crippen LogP contribution is -2.24. The molecule has 0 amide bonds. The standard InChI is InChI=1S/C14H14ClNO3/c15-10-3-1-2-8-6-12(19-14(8)10)13(17)11-5-4-9(7-16)18-11/h1-3,6,9,11H,4-5,7,16H2. The molecule has 0 radical (unpaired) electrons. The molecular weight excluding hydrogens is 266 g/mol. The van der Waals surface area contributed by atoms with Crippen molar-refractivity contribution in [3.05, 3.63) is 35.0 Å². The Hall–Kier alpha value is -1.36. The largest absolute Gasteiger partial charge is 0.451 e. The van der Waals surface area contributed by atoms with Gasteiger partial charge in [-0.2, -0.15) is 0 Å². The molecule has 1 saturated heterocycles. The highest BCUT2D eigenvalue weighted by atomic mass is 35.5. The number of hydrogen-bond donors (Lipinski definition) is 1. The number of fused-ring (bicyclic) bond motifs is 1. The molecule has 100 valence electrons. The van der Waals surface area contributed by atoms with Crippen LogP contribution in [0.1, 0.15) is 23.4 Å². The molecule has 1 aromatic heterocycles. The molecule has 5 heteroatoms. The molecule has 1 aliphatic rings. The Morgan fingerprint density at radius 1 is 1.42 bits per heavy atom. The molecule has 19 heavy (non-hydrogen) atoms. The highest BCUT2D eigenvalue weighted by Gasteiger charge is 2.32. The van der Waals surface area contributed by atoms with Crippen LogP contribution in [0, 0.1) is 0 Å². The van der Waals surface area contributed by atoms with Gasteiger partial charge in [0.05, 0.1) is 11.1 Å². The Balaban J connectivity index is 1.88. The topological polar surface area (TPSA) is 65.5 Å². The zero-order valence-electron chi connectivity index (χ0n) is 10.3. The van der Waals surface area contributed by atoms with Crippen LogP contribution in [-0.4, -0.2) is 24.5 Å². The molecule has 2 N–H and O–H groups in total. The summed E-state index contributed by atoms with van der Waals surface area (Å²) in [7, 11) is 0. The fourth-order valence-corrected chi connectivity index (χ4v) is 2.60. The van der Waals surface area contributed by atoms with Gasteiger partial charge in [-0.05, 0) is 25.0 Å². The van der Waals surface area contributed by atoms with Crippen molar-refractivity contribution < 1.29 is 13.9 Å². The number of rotatable bonds is 3. The molecule has 1 fully saturated rings. The molecule has 1 aliphatic heterocycles. The van der Waals surface area contributed by atoms with E-state index in [2.05, 4.69) is 0 Å². The summed E-state index contributed by atoms with van der Waals surface area (Å²) in [6.07, 6.45) is 1.02. The van der Waals surface area contributed by atoms with Gasteiger partial charge in [0, 0.05) is 11.9 Å². The predicted octanol–water partition coefficient (Wildman–Crippen LogP) is 2.78. The van der Waals surface area contributed by atoms with Gasteiger partial charge in [0.1, 0.15) is 6.10 Å². The molecule has 0 bridgehead atoms. The van der Waals surface area contributed by atoms with Gasteiger partial charge in [-0.3, -0.25) is 4.79 Å². The first kappa shape index (κ1) is 12.7. The number of para-hydroxylation sites is 1. The van der Waals surface area contributed by atoms with Crippen LogP contribution in [-0.2, 0) is 4.74 Å². The van der Waals surface area contributed by atoms with Gasteiger partial charge in [0.25, 0.3) is 0 Å². The molecule has 1 aromatic carbocycles. The van der Waals surface area contributed by atoms with Crippen LogP contribution in [0.25, 0.3) is 11.0 Å². The molecule has 0 saturated carbocycles. The normalized spacial score (nSPS) is 23.1. The second kappa shape index (κ2) is 4.96. The van der Waals surface area contributed by atoms with E-state index in [1.54, 1.807) is 12.1 Å². The van der Waals surface area contributed by atoms with Crippen molar-refractivity contribution in [3.8, 4) is 0 Å². The van der Waals surface area contributed by atoms with Crippen molar-refractivity contribution in [2.24, 2.45) is 5.73 Å². The van der Waals surface area contributed by atoms with Crippen LogP contribution < -0.4 is 5.73 Å². The van der Waals surface area contributed by atoms with Gasteiger partial charge in [-0.25, -0.2) is 0 Å². The fourth-order valence-electron chi connectivity index (χ4n) is 2.38. The Morgan fingerprint density at radius 2 is 2.26 bits per heavy atom. The quantitative estimate of drug-likeness (QED) is 0.878. The fraction of sp³-hybridized carbons (Fsp3) is 0.357. The molecule has 0 aliphatic carbocycles. The monoisotopic (exact) mass is 279 g/mol. The minimum absolute atomic E-state index is 0.0260. The molecule has 3 rings (SSSR count). The molecule has 2 heterocycles. The summed E-state index contributed by atoms with van der Waals surface area (Å²) >= 11 is 6.03. The molecule has 4 nitrogen and oxygen atoms in total. The minimum atomic E-state index is -0.451. The van der Waals surface area contributed by atoms with E-state index in [9.17, 15) is 4.79 Å². The maximum atomic E-state index is 12.3. The summed E-state index contributed by atoms with van der Waals surface area (Å²) in [5, 5.41) is 1.33. The van der Waals surface area contributed by atoms with Crippen molar-refractivity contribution in [2.45, 2.75) is 25.0 Å². The summed E-state index contributed by atoms with van der Waals surface area (Å²) in [4.78, 5) is 12.3. The number of hydrogen-bond acceptors (Lipinski definition) is 4. The van der Waals surface area contributed by atoms with Crippen LogP contribution in [0.5, 0.6) is 0 Å². The molecule has 2 unspecified atom stereocenters. The number of ether oxygens (including phenoxy) is 1. The zero-order valence-corrected chi connectivity index (χ0v) is 11.0. The summed E-state index contributed by atoms with van der Waals surface area (Å²) < 4.78 is 11.1. The van der Waals surface area contributed by atoms with E-state index in [4.69, 9.17) is 26.5 Å². The lowest BCUT2D eigenvalue weighted by atomic mass is 10.1. The average molecular weight is 280 g/mol. The van der Waals surface area contributed by atoms with E-state index >= 15 is 0 Å². The number of benzene rings is 1. The van der Waals surface area contributed by atoms with Crippen molar-refractivity contribution in [1.82, 2.24) is 0 Å². The number of carbonyl (C=O) groups excluding carboxylic acids is 1. The van der Waals surface area contributed by atoms with Crippen LogP contribution in [0.15, 0.2) is 28.7 Å². The third-order valence-corrected chi connectivity index (χ3v) is 3.70. The first-order chi connectivity index (χ1) is 9.19. The van der Waals surface area contributed by atoms with E-state index in [1.807, 2.05) is 12.1 Å². The van der Waals surface area contributed by atoms with Gasteiger partial charge in [-0.15, -0.1) is 0 Å². The van der Waals surface area contributed by atoms with E-state index < -0.39 is 6.10 Å². The molecule has 2 aromatic rings. The third-order valence-electron chi connectivity index (χ3n) is 3.40. The van der Waals surface area contributed by atoms with Gasteiger partial charge < -0.3 is 14.9 Å². The molecule has 0 spiro atoms. The van der Waals surface area contributed by atoms with Crippen LogP contribution in [0.3, 0.4) is 0 Å². The summed E-state index contributed by atoms with van der Waals surface area (Å²) in [5.41, 5.74) is 6.08. The van der Waals surface area contributed by atoms with Gasteiger partial charge in [-0.1, -0.05) is 23.7 Å². The van der Waals surface area contributed by atoms with Crippen molar-refractivity contribution in [2.75, 3.05) is 6.54 Å². The molecular formula is C14H14ClNO3. The predicted molar refractivity (Wildman–Crippen MR) is 72.5 cm³/mol. The number of Topliss-reactive ketones (excluding diaryl/α,β-unsaturated/α-hetero) is 1. The van der Waals surface area contributed by atoms with E-state index in [-0.39, 0.29) is 11.9 Å². The minimum Gasteiger partial charge on any atom is -0.451 e. The second-order valence-electron chi connectivity index (χ2n) is 4.69. The Labute approximate surface area is 115 Å². The maximum Gasteiger partial charge on any atom is 0.226 e. The zero-order chi connectivity index (χ0) is 13.4. The molecule has 2 atom stereocenters. The number of halogens is 1. The number of nitrogens with two attached hydrogens (primary N) is 1. The Morgan fingerprint density at radius 3 is 2.95 bits per heavy atom. The van der Waals surface area contributed by atoms with Gasteiger partial charge in [0.2, 0.25) is 5.78 Å². The van der Waals surface area contributed by atoms with Crippen molar-refractivity contribution >= 4 is 28.4 Å². The maximum absolute atomic E-state index is 12.3. The average Bonchev–Trinajstić information content (AvgIpc) is 3.05. The highest BCUT2D eigenvalue weighted by Crippen LogP contribution is 2.29. The Bertz CT molecular complexity index is 622. The van der Waals surface area contributed by atoms with Gasteiger partial charge >= 0.3 is 0 Å². The smallest absolute Gasteiger partial charge is 0.226 e. The second-order valence-corrected chi connectivity index (χ2v) is 5.10. The van der Waals surface area contributed by atoms with E-state index in [1.165, 1.54) is 0 Å².